The van der Waals surface area contributed by atoms with Crippen LogP contribution < -0.4 is 15.2 Å². The van der Waals surface area contributed by atoms with E-state index in [1.807, 2.05) is 61.5 Å². The number of ether oxygens (including phenoxy) is 3. The minimum Gasteiger partial charge on any atom is -0.494 e. The summed E-state index contributed by atoms with van der Waals surface area (Å²) in [5.41, 5.74) is 6.49. The molecule has 2 aromatic carbocycles. The van der Waals surface area contributed by atoms with Crippen molar-refractivity contribution >= 4 is 5.97 Å². The summed E-state index contributed by atoms with van der Waals surface area (Å²) >= 11 is 0. The van der Waals surface area contributed by atoms with Crippen molar-refractivity contribution in [2.75, 3.05) is 26.4 Å². The van der Waals surface area contributed by atoms with Crippen LogP contribution in [0.5, 0.6) is 11.5 Å². The molecule has 2 N–H and O–H groups in total. The number of para-hydroxylation sites is 1. The van der Waals surface area contributed by atoms with E-state index < -0.39 is 0 Å². The molecule has 5 nitrogen and oxygen atoms in total. The van der Waals surface area contributed by atoms with Crippen LogP contribution >= 0.6 is 0 Å². The number of carbonyl (C=O) groups is 1. The van der Waals surface area contributed by atoms with E-state index >= 15 is 0 Å². The number of nitrogens with two attached hydrogens (primary N) is 1. The predicted octanol–water partition coefficient (Wildman–Crippen LogP) is 3.22. The van der Waals surface area contributed by atoms with Gasteiger partial charge in [0, 0.05) is 6.54 Å². The van der Waals surface area contributed by atoms with E-state index in [2.05, 4.69) is 0 Å². The summed E-state index contributed by atoms with van der Waals surface area (Å²) in [4.78, 5) is 12.3. The van der Waals surface area contributed by atoms with Crippen molar-refractivity contribution in [2.24, 2.45) is 11.7 Å². The van der Waals surface area contributed by atoms with Gasteiger partial charge in [-0.3, -0.25) is 4.79 Å². The Morgan fingerprint density at radius 2 is 1.62 bits per heavy atom. The lowest BCUT2D eigenvalue weighted by Gasteiger charge is -2.16. The van der Waals surface area contributed by atoms with Crippen molar-refractivity contribution in [1.82, 2.24) is 0 Å². The van der Waals surface area contributed by atoms with Gasteiger partial charge in [-0.15, -0.1) is 0 Å². The molecule has 0 saturated heterocycles. The first kappa shape index (κ1) is 19.8. The van der Waals surface area contributed by atoms with Crippen molar-refractivity contribution in [3.05, 3.63) is 60.2 Å². The van der Waals surface area contributed by atoms with Gasteiger partial charge < -0.3 is 19.9 Å². The number of carbonyl (C=O) groups excluding carboxylic acids is 1. The molecule has 0 aliphatic carbocycles. The fourth-order valence-electron chi connectivity index (χ4n) is 2.58. The Morgan fingerprint density at radius 1 is 0.962 bits per heavy atom. The number of rotatable bonds is 11. The molecular formula is C21H27NO4. The molecule has 0 radical (unpaired) electrons. The molecular weight excluding hydrogens is 330 g/mol. The molecule has 1 unspecified atom stereocenters. The Kier molecular flexibility index (Phi) is 8.49. The third kappa shape index (κ3) is 6.76. The largest absolute Gasteiger partial charge is 0.494 e. The molecule has 5 heteroatoms. The van der Waals surface area contributed by atoms with Gasteiger partial charge in [-0.25, -0.2) is 0 Å². The maximum atomic E-state index is 12.3. The highest BCUT2D eigenvalue weighted by molar-refractivity contribution is 5.72. The first-order valence-corrected chi connectivity index (χ1v) is 8.99. The molecule has 0 aliphatic rings. The van der Waals surface area contributed by atoms with Crippen LogP contribution in [0, 0.1) is 5.92 Å². The monoisotopic (exact) mass is 357 g/mol. The number of esters is 1. The van der Waals surface area contributed by atoms with Gasteiger partial charge in [0.15, 0.2) is 0 Å². The van der Waals surface area contributed by atoms with Gasteiger partial charge in [-0.2, -0.15) is 0 Å². The first-order chi connectivity index (χ1) is 12.7. The lowest BCUT2D eigenvalue weighted by Crippen LogP contribution is -2.22. The zero-order valence-corrected chi connectivity index (χ0v) is 15.2. The van der Waals surface area contributed by atoms with Gasteiger partial charge in [0.25, 0.3) is 0 Å². The van der Waals surface area contributed by atoms with Crippen LogP contribution in [0.15, 0.2) is 54.6 Å². The van der Waals surface area contributed by atoms with Gasteiger partial charge in [0.1, 0.15) is 18.1 Å². The Bertz CT molecular complexity index is 643. The fraction of sp³-hybridized carbons (Fsp3) is 0.381. The Balaban J connectivity index is 1.92. The molecule has 0 fully saturated rings. The van der Waals surface area contributed by atoms with E-state index in [-0.39, 0.29) is 11.9 Å². The zero-order chi connectivity index (χ0) is 18.6. The van der Waals surface area contributed by atoms with Gasteiger partial charge in [-0.05, 0) is 49.6 Å². The van der Waals surface area contributed by atoms with Gasteiger partial charge in [0.2, 0.25) is 0 Å². The van der Waals surface area contributed by atoms with Crippen LogP contribution in [0.25, 0.3) is 0 Å². The van der Waals surface area contributed by atoms with Crippen molar-refractivity contribution in [2.45, 2.75) is 19.8 Å². The summed E-state index contributed by atoms with van der Waals surface area (Å²) < 4.78 is 16.4. The Labute approximate surface area is 155 Å². The highest BCUT2D eigenvalue weighted by Gasteiger charge is 2.20. The molecule has 2 rings (SSSR count). The minimum absolute atomic E-state index is 0.187. The van der Waals surface area contributed by atoms with Gasteiger partial charge >= 0.3 is 5.97 Å². The van der Waals surface area contributed by atoms with E-state index in [1.165, 1.54) is 0 Å². The molecule has 1 atom stereocenters. The molecule has 0 saturated carbocycles. The summed E-state index contributed by atoms with van der Waals surface area (Å²) in [6, 6.07) is 17.3. The summed E-state index contributed by atoms with van der Waals surface area (Å²) in [6.07, 6.45) is 1.20. The average molecular weight is 357 g/mol. The van der Waals surface area contributed by atoms with E-state index in [9.17, 15) is 4.79 Å². The normalized spacial score (nSPS) is 11.6. The third-order valence-corrected chi connectivity index (χ3v) is 3.89. The second kappa shape index (κ2) is 11.2. The molecule has 26 heavy (non-hydrogen) atoms. The number of benzene rings is 2. The van der Waals surface area contributed by atoms with Crippen molar-refractivity contribution in [1.29, 1.82) is 0 Å². The topological polar surface area (TPSA) is 70.8 Å². The lowest BCUT2D eigenvalue weighted by atomic mass is 9.96. The van der Waals surface area contributed by atoms with Crippen molar-refractivity contribution < 1.29 is 19.0 Å². The molecule has 0 bridgehead atoms. The average Bonchev–Trinajstić information content (AvgIpc) is 2.67. The SMILES string of the molecule is CCOC(=O)C(CCOc1ccccc1)Cc1ccc(OCCN)cc1. The predicted molar refractivity (Wildman–Crippen MR) is 101 cm³/mol. The third-order valence-electron chi connectivity index (χ3n) is 3.89. The van der Waals surface area contributed by atoms with E-state index in [4.69, 9.17) is 19.9 Å². The van der Waals surface area contributed by atoms with Gasteiger partial charge in [-0.1, -0.05) is 30.3 Å². The zero-order valence-electron chi connectivity index (χ0n) is 15.2. The lowest BCUT2D eigenvalue weighted by molar-refractivity contribution is -0.148. The highest BCUT2D eigenvalue weighted by atomic mass is 16.5. The maximum Gasteiger partial charge on any atom is 0.309 e. The van der Waals surface area contributed by atoms with Crippen molar-refractivity contribution in [3.8, 4) is 11.5 Å². The summed E-state index contributed by atoms with van der Waals surface area (Å²) in [5, 5.41) is 0. The van der Waals surface area contributed by atoms with Crippen LogP contribution in [-0.4, -0.2) is 32.3 Å². The molecule has 0 aliphatic heterocycles. The van der Waals surface area contributed by atoms with E-state index in [0.717, 1.165) is 17.1 Å². The van der Waals surface area contributed by atoms with Crippen LogP contribution in [0.2, 0.25) is 0 Å². The van der Waals surface area contributed by atoms with E-state index in [0.29, 0.717) is 39.2 Å². The van der Waals surface area contributed by atoms with Crippen molar-refractivity contribution in [3.63, 3.8) is 0 Å². The summed E-state index contributed by atoms with van der Waals surface area (Å²) in [6.45, 7) is 3.63. The number of hydrogen-bond acceptors (Lipinski definition) is 5. The summed E-state index contributed by atoms with van der Waals surface area (Å²) in [5.74, 6) is 1.15. The van der Waals surface area contributed by atoms with Crippen LogP contribution in [0.3, 0.4) is 0 Å². The number of hydrogen-bond donors (Lipinski definition) is 1. The van der Waals surface area contributed by atoms with Crippen LogP contribution in [-0.2, 0) is 16.0 Å². The molecule has 0 spiro atoms. The molecule has 0 aromatic heterocycles. The Hall–Kier alpha value is -2.53. The second-order valence-corrected chi connectivity index (χ2v) is 5.88. The molecule has 140 valence electrons. The smallest absolute Gasteiger partial charge is 0.309 e. The Morgan fingerprint density at radius 3 is 2.27 bits per heavy atom. The van der Waals surface area contributed by atoms with E-state index in [1.54, 1.807) is 0 Å². The van der Waals surface area contributed by atoms with Crippen LogP contribution in [0.1, 0.15) is 18.9 Å². The molecule has 0 amide bonds. The fourth-order valence-corrected chi connectivity index (χ4v) is 2.58. The minimum atomic E-state index is -0.241. The molecule has 0 heterocycles. The van der Waals surface area contributed by atoms with Gasteiger partial charge in [0.05, 0.1) is 19.1 Å². The first-order valence-electron chi connectivity index (χ1n) is 8.99. The molecule has 2 aromatic rings. The van der Waals surface area contributed by atoms with Crippen LogP contribution in [0.4, 0.5) is 0 Å². The highest BCUT2D eigenvalue weighted by Crippen LogP contribution is 2.19. The second-order valence-electron chi connectivity index (χ2n) is 5.88. The maximum absolute atomic E-state index is 12.3. The summed E-state index contributed by atoms with van der Waals surface area (Å²) in [7, 11) is 0. The standard InChI is InChI=1S/C21H27NO4/c1-2-24-21(23)18(12-14-25-19-6-4-3-5-7-19)16-17-8-10-20(11-9-17)26-15-13-22/h3-11,18H,2,12-16,22H2,1H3. The quantitative estimate of drug-likeness (QED) is 0.625.